The molecule has 0 spiro atoms. The molecule has 1 fully saturated rings. The van der Waals surface area contributed by atoms with E-state index in [9.17, 15) is 8.42 Å². The lowest BCUT2D eigenvalue weighted by Crippen LogP contribution is -2.49. The predicted molar refractivity (Wildman–Crippen MR) is 71.1 cm³/mol. The van der Waals surface area contributed by atoms with E-state index in [0.717, 1.165) is 0 Å². The van der Waals surface area contributed by atoms with Crippen LogP contribution in [0.25, 0.3) is 0 Å². The summed E-state index contributed by atoms with van der Waals surface area (Å²) in [5, 5.41) is 8.97. The van der Waals surface area contributed by atoms with E-state index in [2.05, 4.69) is 20.7 Å². The first-order valence-electron chi connectivity index (χ1n) is 5.87. The monoisotopic (exact) mass is 353 g/mol. The summed E-state index contributed by atoms with van der Waals surface area (Å²) < 4.78 is 37.8. The summed E-state index contributed by atoms with van der Waals surface area (Å²) in [5.74, 6) is 0.199. The molecule has 2 N–H and O–H groups in total. The zero-order valence-electron chi connectivity index (χ0n) is 10.5. The fraction of sp³-hybridized carbons (Fsp3) is 0.636. The first-order valence-corrected chi connectivity index (χ1v) is 8.15. The van der Waals surface area contributed by atoms with Crippen LogP contribution in [0.5, 0.6) is 0 Å². The van der Waals surface area contributed by atoms with Crippen LogP contribution in [0.4, 0.5) is 0 Å². The van der Waals surface area contributed by atoms with Crippen molar-refractivity contribution in [2.24, 2.45) is 0 Å². The first kappa shape index (κ1) is 15.0. The van der Waals surface area contributed by atoms with Gasteiger partial charge in [0.15, 0.2) is 4.67 Å². The Labute approximate surface area is 120 Å². The fourth-order valence-electron chi connectivity index (χ4n) is 1.96. The highest BCUT2D eigenvalue weighted by molar-refractivity contribution is 9.10. The summed E-state index contributed by atoms with van der Waals surface area (Å²) in [5.41, 5.74) is -0.521. The summed E-state index contributed by atoms with van der Waals surface area (Å²) in [6.45, 7) is 2.58. The van der Waals surface area contributed by atoms with Crippen molar-refractivity contribution in [3.8, 4) is 0 Å². The van der Waals surface area contributed by atoms with Gasteiger partial charge in [0.2, 0.25) is 10.0 Å². The van der Waals surface area contributed by atoms with E-state index in [4.69, 9.17) is 14.3 Å². The van der Waals surface area contributed by atoms with Crippen LogP contribution in [0, 0.1) is 0 Å². The van der Waals surface area contributed by atoms with Crippen molar-refractivity contribution in [2.45, 2.75) is 36.8 Å². The van der Waals surface area contributed by atoms with Crippen molar-refractivity contribution in [3.05, 3.63) is 16.5 Å². The minimum absolute atomic E-state index is 0.00395. The Morgan fingerprint density at radius 2 is 2.11 bits per heavy atom. The Hall–Kier alpha value is -0.410. The van der Waals surface area contributed by atoms with Gasteiger partial charge in [-0.25, -0.2) is 13.1 Å². The largest absolute Gasteiger partial charge is 0.450 e. The Balaban J connectivity index is 2.24. The summed E-state index contributed by atoms with van der Waals surface area (Å²) in [6.07, 6.45) is 1.24. The fourth-order valence-corrected chi connectivity index (χ4v) is 4.43. The molecule has 1 aromatic rings. The molecule has 2 rings (SSSR count). The maximum atomic E-state index is 12.3. The molecule has 0 atom stereocenters. The third kappa shape index (κ3) is 3.38. The number of aliphatic hydroxyl groups is 1. The molecule has 2 heterocycles. The number of nitrogens with one attached hydrogen (secondary N) is 1. The molecule has 0 saturated carbocycles. The molecule has 0 aromatic carbocycles. The zero-order chi connectivity index (χ0) is 14.1. The molecule has 0 aliphatic carbocycles. The second-order valence-electron chi connectivity index (χ2n) is 4.79. The van der Waals surface area contributed by atoms with Crippen LogP contribution in [0.15, 0.2) is 20.0 Å². The molecular weight excluding hydrogens is 338 g/mol. The van der Waals surface area contributed by atoms with Gasteiger partial charge in [0.25, 0.3) is 0 Å². The summed E-state index contributed by atoms with van der Waals surface area (Å²) in [7, 11) is -3.70. The van der Waals surface area contributed by atoms with Crippen LogP contribution < -0.4 is 4.72 Å². The number of rotatable bonds is 4. The normalized spacial score (nSPS) is 19.5. The standard InChI is InChI=1S/C11H16BrNO5S/c1-11(2-4-17-5-3-11)13-19(15,16)9-6-8(7-14)18-10(9)12/h6,13-14H,2-5,7H2,1H3. The van der Waals surface area contributed by atoms with Gasteiger partial charge in [0, 0.05) is 24.8 Å². The smallest absolute Gasteiger partial charge is 0.245 e. The average Bonchev–Trinajstić information content (AvgIpc) is 2.71. The van der Waals surface area contributed by atoms with Crippen molar-refractivity contribution in [1.29, 1.82) is 0 Å². The van der Waals surface area contributed by atoms with E-state index in [0.29, 0.717) is 26.1 Å². The van der Waals surface area contributed by atoms with Crippen molar-refractivity contribution in [3.63, 3.8) is 0 Å². The second kappa shape index (κ2) is 5.53. The maximum absolute atomic E-state index is 12.3. The van der Waals surface area contributed by atoms with E-state index >= 15 is 0 Å². The van der Waals surface area contributed by atoms with Crippen LogP contribution >= 0.6 is 15.9 Å². The van der Waals surface area contributed by atoms with Crippen LogP contribution in [0.1, 0.15) is 25.5 Å². The third-order valence-electron chi connectivity index (χ3n) is 3.13. The van der Waals surface area contributed by atoms with Gasteiger partial charge >= 0.3 is 0 Å². The molecule has 1 aliphatic heterocycles. The highest BCUT2D eigenvalue weighted by Crippen LogP contribution is 2.29. The van der Waals surface area contributed by atoms with E-state index < -0.39 is 15.6 Å². The molecule has 108 valence electrons. The average molecular weight is 354 g/mol. The molecule has 0 bridgehead atoms. The van der Waals surface area contributed by atoms with Gasteiger partial charge in [0.05, 0.1) is 0 Å². The number of ether oxygens (including phenoxy) is 1. The quantitative estimate of drug-likeness (QED) is 0.853. The number of aliphatic hydroxyl groups excluding tert-OH is 1. The number of hydrogen-bond acceptors (Lipinski definition) is 5. The molecule has 1 aliphatic rings. The number of halogens is 1. The first-order chi connectivity index (χ1) is 8.86. The van der Waals surface area contributed by atoms with Crippen LogP contribution in [-0.2, 0) is 21.4 Å². The molecule has 0 amide bonds. The summed E-state index contributed by atoms with van der Waals surface area (Å²) >= 11 is 3.05. The Morgan fingerprint density at radius 3 is 2.63 bits per heavy atom. The zero-order valence-corrected chi connectivity index (χ0v) is 12.9. The SMILES string of the molecule is CC1(NS(=O)(=O)c2cc(CO)oc2Br)CCOCC1. The van der Waals surface area contributed by atoms with Gasteiger partial charge in [-0.15, -0.1) is 0 Å². The second-order valence-corrected chi connectivity index (χ2v) is 7.16. The van der Waals surface area contributed by atoms with Crippen molar-refractivity contribution < 1.29 is 22.7 Å². The highest BCUT2D eigenvalue weighted by Gasteiger charge is 2.34. The van der Waals surface area contributed by atoms with Gasteiger partial charge in [-0.3, -0.25) is 0 Å². The molecule has 19 heavy (non-hydrogen) atoms. The lowest BCUT2D eigenvalue weighted by atomic mass is 9.94. The number of furan rings is 1. The molecule has 0 unspecified atom stereocenters. The van der Waals surface area contributed by atoms with Crippen LogP contribution in [-0.4, -0.2) is 32.3 Å². The molecule has 0 radical (unpaired) electrons. The van der Waals surface area contributed by atoms with Gasteiger partial charge < -0.3 is 14.3 Å². The van der Waals surface area contributed by atoms with E-state index in [1.165, 1.54) is 6.07 Å². The Kier molecular flexibility index (Phi) is 4.36. The number of hydrogen-bond donors (Lipinski definition) is 2. The minimum atomic E-state index is -3.70. The third-order valence-corrected chi connectivity index (χ3v) is 5.62. The highest BCUT2D eigenvalue weighted by atomic mass is 79.9. The Bertz CT molecular complexity index is 547. The van der Waals surface area contributed by atoms with Gasteiger partial charge in [0.1, 0.15) is 17.3 Å². The molecule has 1 saturated heterocycles. The topological polar surface area (TPSA) is 88.8 Å². The number of sulfonamides is 1. The van der Waals surface area contributed by atoms with Gasteiger partial charge in [-0.05, 0) is 35.7 Å². The van der Waals surface area contributed by atoms with Crippen molar-refractivity contribution >= 4 is 26.0 Å². The van der Waals surface area contributed by atoms with Crippen molar-refractivity contribution in [2.75, 3.05) is 13.2 Å². The van der Waals surface area contributed by atoms with E-state index in [1.54, 1.807) is 0 Å². The lowest BCUT2D eigenvalue weighted by Gasteiger charge is -2.33. The maximum Gasteiger partial charge on any atom is 0.245 e. The van der Waals surface area contributed by atoms with E-state index in [-0.39, 0.29) is 21.9 Å². The van der Waals surface area contributed by atoms with E-state index in [1.807, 2.05) is 6.92 Å². The predicted octanol–water partition coefficient (Wildman–Crippen LogP) is 1.38. The minimum Gasteiger partial charge on any atom is -0.450 e. The lowest BCUT2D eigenvalue weighted by molar-refractivity contribution is 0.0537. The van der Waals surface area contributed by atoms with Gasteiger partial charge in [-0.2, -0.15) is 0 Å². The summed E-state index contributed by atoms with van der Waals surface area (Å²) in [6, 6.07) is 1.31. The molecular formula is C11H16BrNO5S. The van der Waals surface area contributed by atoms with Crippen molar-refractivity contribution in [1.82, 2.24) is 4.72 Å². The molecule has 1 aromatic heterocycles. The molecule has 8 heteroatoms. The van der Waals surface area contributed by atoms with Gasteiger partial charge in [-0.1, -0.05) is 0 Å². The van der Waals surface area contributed by atoms with Crippen LogP contribution in [0.3, 0.4) is 0 Å². The molecule has 6 nitrogen and oxygen atoms in total. The summed E-state index contributed by atoms with van der Waals surface area (Å²) in [4.78, 5) is 0.00395. The Morgan fingerprint density at radius 1 is 1.47 bits per heavy atom. The van der Waals surface area contributed by atoms with Crippen LogP contribution in [0.2, 0.25) is 0 Å².